The van der Waals surface area contributed by atoms with Gasteiger partial charge in [-0.15, -0.1) is 5.10 Å². The maximum Gasteiger partial charge on any atom is 0.435 e. The molecule has 0 saturated carbocycles. The molecule has 11 heteroatoms. The molecule has 2 heterocycles. The summed E-state index contributed by atoms with van der Waals surface area (Å²) in [6.45, 7) is 1.60. The predicted molar refractivity (Wildman–Crippen MR) is 90.7 cm³/mol. The van der Waals surface area contributed by atoms with Gasteiger partial charge in [0, 0.05) is 24.2 Å². The highest BCUT2D eigenvalue weighted by molar-refractivity contribution is 5.88. The molecule has 0 spiro atoms. The summed E-state index contributed by atoms with van der Waals surface area (Å²) in [4.78, 5) is 15.9. The molecular formula is C17H16F4N6O. The van der Waals surface area contributed by atoms with Crippen LogP contribution in [-0.2, 0) is 24.1 Å². The van der Waals surface area contributed by atoms with Crippen molar-refractivity contribution in [2.45, 2.75) is 32.6 Å². The Balaban J connectivity index is 1.55. The summed E-state index contributed by atoms with van der Waals surface area (Å²) < 4.78 is 54.1. The Labute approximate surface area is 157 Å². The van der Waals surface area contributed by atoms with Crippen molar-refractivity contribution in [3.8, 4) is 0 Å². The van der Waals surface area contributed by atoms with E-state index >= 15 is 0 Å². The van der Waals surface area contributed by atoms with Crippen LogP contribution in [-0.4, -0.2) is 30.5 Å². The number of anilines is 1. The van der Waals surface area contributed by atoms with E-state index in [2.05, 4.69) is 20.5 Å². The number of nitrogens with zero attached hydrogens (tertiary/aromatic N) is 5. The maximum atomic E-state index is 13.7. The van der Waals surface area contributed by atoms with Crippen molar-refractivity contribution in [2.75, 3.05) is 5.32 Å². The maximum absolute atomic E-state index is 13.7. The van der Waals surface area contributed by atoms with Crippen LogP contribution in [0.3, 0.4) is 0 Å². The molecule has 3 rings (SSSR count). The van der Waals surface area contributed by atoms with E-state index in [0.29, 0.717) is 11.3 Å². The fourth-order valence-electron chi connectivity index (χ4n) is 2.50. The second-order valence-electron chi connectivity index (χ2n) is 6.05. The van der Waals surface area contributed by atoms with Crippen molar-refractivity contribution in [1.82, 2.24) is 24.5 Å². The lowest BCUT2D eigenvalue weighted by Crippen LogP contribution is -2.17. The van der Waals surface area contributed by atoms with Crippen LogP contribution in [0.15, 0.2) is 36.7 Å². The van der Waals surface area contributed by atoms with Gasteiger partial charge < -0.3 is 0 Å². The molecule has 1 N–H and O–H groups in total. The monoisotopic (exact) mass is 396 g/mol. The average Bonchev–Trinajstić information content (AvgIpc) is 3.21. The Morgan fingerprint density at radius 3 is 2.64 bits per heavy atom. The van der Waals surface area contributed by atoms with Gasteiger partial charge in [-0.2, -0.15) is 18.3 Å². The first-order chi connectivity index (χ1) is 13.2. The highest BCUT2D eigenvalue weighted by Crippen LogP contribution is 2.28. The van der Waals surface area contributed by atoms with E-state index in [4.69, 9.17) is 0 Å². The summed E-state index contributed by atoms with van der Waals surface area (Å²) >= 11 is 0. The van der Waals surface area contributed by atoms with E-state index in [-0.39, 0.29) is 31.3 Å². The van der Waals surface area contributed by atoms with Crippen LogP contribution in [0.25, 0.3) is 0 Å². The number of carbonyl (C=O) groups is 1. The molecule has 0 aliphatic carbocycles. The lowest BCUT2D eigenvalue weighted by Gasteiger charge is -2.05. The van der Waals surface area contributed by atoms with Crippen molar-refractivity contribution < 1.29 is 22.4 Å². The quantitative estimate of drug-likeness (QED) is 0.650. The van der Waals surface area contributed by atoms with Crippen LogP contribution >= 0.6 is 0 Å². The Morgan fingerprint density at radius 2 is 1.96 bits per heavy atom. The molecule has 0 atom stereocenters. The molecule has 7 nitrogen and oxygen atoms in total. The highest BCUT2D eigenvalue weighted by atomic mass is 19.4. The van der Waals surface area contributed by atoms with Gasteiger partial charge in [0.05, 0.1) is 6.54 Å². The zero-order chi connectivity index (χ0) is 20.3. The van der Waals surface area contributed by atoms with E-state index in [9.17, 15) is 22.4 Å². The van der Waals surface area contributed by atoms with Crippen molar-refractivity contribution in [2.24, 2.45) is 0 Å². The van der Waals surface area contributed by atoms with E-state index in [1.807, 2.05) is 0 Å². The molecule has 3 aromatic rings. The number of hydrogen-bond donors (Lipinski definition) is 1. The van der Waals surface area contributed by atoms with Crippen LogP contribution < -0.4 is 5.32 Å². The fraction of sp³-hybridized carbons (Fsp3) is 0.294. The number of alkyl halides is 3. The summed E-state index contributed by atoms with van der Waals surface area (Å²) in [6.07, 6.45) is -3.30. The minimum absolute atomic E-state index is 0.0227. The number of halogens is 4. The number of aromatic nitrogens is 5. The van der Waals surface area contributed by atoms with Gasteiger partial charge in [-0.05, 0) is 19.1 Å². The van der Waals surface area contributed by atoms with Crippen molar-refractivity contribution in [3.05, 3.63) is 59.4 Å². The van der Waals surface area contributed by atoms with Crippen LogP contribution in [0.4, 0.5) is 23.5 Å². The molecule has 0 fully saturated rings. The highest BCUT2D eigenvalue weighted by Gasteiger charge is 2.34. The molecule has 0 unspecified atom stereocenters. The molecule has 28 heavy (non-hydrogen) atoms. The molecule has 2 aromatic heterocycles. The number of nitrogens with one attached hydrogen (secondary N) is 1. The van der Waals surface area contributed by atoms with Crippen molar-refractivity contribution >= 4 is 11.9 Å². The van der Waals surface area contributed by atoms with Crippen molar-refractivity contribution in [3.63, 3.8) is 0 Å². The van der Waals surface area contributed by atoms with Crippen LogP contribution in [0.1, 0.15) is 23.4 Å². The number of aryl methyl sites for hydroxylation is 2. The third kappa shape index (κ3) is 4.72. The smallest absolute Gasteiger partial charge is 0.293 e. The second kappa shape index (κ2) is 7.79. The third-order valence-electron chi connectivity index (χ3n) is 3.90. The summed E-state index contributed by atoms with van der Waals surface area (Å²) in [7, 11) is 0. The van der Waals surface area contributed by atoms with Crippen molar-refractivity contribution in [1.29, 1.82) is 0 Å². The lowest BCUT2D eigenvalue weighted by molar-refractivity contribution is -0.141. The van der Waals surface area contributed by atoms with Gasteiger partial charge >= 0.3 is 6.18 Å². The SMILES string of the molecule is Cc1cc(C(F)(F)F)nn1CCC(=O)Nc1ncn(Cc2ccccc2F)n1. The summed E-state index contributed by atoms with van der Waals surface area (Å²) in [5.74, 6) is -0.835. The van der Waals surface area contributed by atoms with E-state index in [1.54, 1.807) is 18.2 Å². The number of hydrogen-bond acceptors (Lipinski definition) is 4. The topological polar surface area (TPSA) is 77.6 Å². The van der Waals surface area contributed by atoms with Gasteiger partial charge in [-0.25, -0.2) is 14.1 Å². The minimum Gasteiger partial charge on any atom is -0.293 e. The Kier molecular flexibility index (Phi) is 5.43. The molecule has 1 aromatic carbocycles. The molecule has 1 amide bonds. The minimum atomic E-state index is -4.53. The summed E-state index contributed by atoms with van der Waals surface area (Å²) in [6, 6.07) is 7.13. The van der Waals surface area contributed by atoms with Crippen LogP contribution in [0.5, 0.6) is 0 Å². The predicted octanol–water partition coefficient (Wildman–Crippen LogP) is 3.02. The number of rotatable bonds is 6. The first kappa shape index (κ1) is 19.5. The zero-order valence-corrected chi connectivity index (χ0v) is 14.7. The average molecular weight is 396 g/mol. The molecule has 0 aliphatic heterocycles. The van der Waals surface area contributed by atoms with E-state index in [1.165, 1.54) is 24.0 Å². The fourth-order valence-corrected chi connectivity index (χ4v) is 2.50. The lowest BCUT2D eigenvalue weighted by atomic mass is 10.2. The van der Waals surface area contributed by atoms with Crippen LogP contribution in [0.2, 0.25) is 0 Å². The van der Waals surface area contributed by atoms with Gasteiger partial charge in [0.1, 0.15) is 12.1 Å². The third-order valence-corrected chi connectivity index (χ3v) is 3.90. The molecular weight excluding hydrogens is 380 g/mol. The first-order valence-electron chi connectivity index (χ1n) is 8.27. The van der Waals surface area contributed by atoms with E-state index in [0.717, 1.165) is 10.7 Å². The van der Waals surface area contributed by atoms with Gasteiger partial charge in [0.2, 0.25) is 11.9 Å². The first-order valence-corrected chi connectivity index (χ1v) is 8.27. The molecule has 0 saturated heterocycles. The zero-order valence-electron chi connectivity index (χ0n) is 14.7. The number of amides is 1. The molecule has 0 radical (unpaired) electrons. The Morgan fingerprint density at radius 1 is 1.21 bits per heavy atom. The number of benzene rings is 1. The van der Waals surface area contributed by atoms with E-state index < -0.39 is 17.8 Å². The van der Waals surface area contributed by atoms with Gasteiger partial charge in [0.25, 0.3) is 0 Å². The van der Waals surface area contributed by atoms with Crippen LogP contribution in [0, 0.1) is 12.7 Å². The standard InChI is InChI=1S/C17H16F4N6O/c1-11-8-14(17(19,20)21)24-27(11)7-6-15(28)23-16-22-10-26(25-16)9-12-4-2-3-5-13(12)18/h2-5,8,10H,6-7,9H2,1H3,(H,23,25,28). The Bertz CT molecular complexity index is 978. The van der Waals surface area contributed by atoms with Gasteiger partial charge in [-0.3, -0.25) is 14.8 Å². The Hall–Kier alpha value is -3.24. The normalized spacial score (nSPS) is 11.6. The molecule has 0 bridgehead atoms. The molecule has 148 valence electrons. The van der Waals surface area contributed by atoms with Gasteiger partial charge in [0.15, 0.2) is 5.69 Å². The molecule has 0 aliphatic rings. The number of carbonyl (C=O) groups excluding carboxylic acids is 1. The van der Waals surface area contributed by atoms with Gasteiger partial charge in [-0.1, -0.05) is 18.2 Å². The summed E-state index contributed by atoms with van der Waals surface area (Å²) in [5.41, 5.74) is -0.286. The second-order valence-corrected chi connectivity index (χ2v) is 6.05. The largest absolute Gasteiger partial charge is 0.435 e. The summed E-state index contributed by atoms with van der Waals surface area (Å²) in [5, 5.41) is 9.94.